The van der Waals surface area contributed by atoms with Crippen LogP contribution in [0.25, 0.3) is 0 Å². The Kier molecular flexibility index (Phi) is 4.52. The van der Waals surface area contributed by atoms with E-state index in [9.17, 15) is 15.0 Å². The molecule has 4 rings (SSSR count). The maximum Gasteiger partial charge on any atom is 0.253 e. The first-order valence-corrected chi connectivity index (χ1v) is 9.46. The third-order valence-corrected chi connectivity index (χ3v) is 5.53. The zero-order valence-electron chi connectivity index (χ0n) is 15.3. The molecule has 0 spiro atoms. The van der Waals surface area contributed by atoms with Crippen LogP contribution in [0.2, 0.25) is 0 Å². The lowest BCUT2D eigenvalue weighted by atomic mass is 9.76. The molecule has 0 aromatic heterocycles. The highest BCUT2D eigenvalue weighted by atomic mass is 16.3. The van der Waals surface area contributed by atoms with Crippen molar-refractivity contribution < 1.29 is 15.0 Å². The lowest BCUT2D eigenvalue weighted by Gasteiger charge is -2.38. The second-order valence-electron chi connectivity index (χ2n) is 7.24. The number of amides is 1. The van der Waals surface area contributed by atoms with Crippen molar-refractivity contribution in [2.45, 2.75) is 31.7 Å². The topological polar surface area (TPSA) is 81.6 Å². The predicted octanol–water partition coefficient (Wildman–Crippen LogP) is 4.06. The van der Waals surface area contributed by atoms with Crippen molar-refractivity contribution in [1.82, 2.24) is 5.32 Å². The van der Waals surface area contributed by atoms with Gasteiger partial charge in [0.2, 0.25) is 0 Å². The minimum absolute atomic E-state index is 0.0354. The molecule has 1 heterocycles. The van der Waals surface area contributed by atoms with Crippen molar-refractivity contribution in [2.24, 2.45) is 5.92 Å². The minimum Gasteiger partial charge on any atom is -0.508 e. The molecular formula is C22H24N2O3. The van der Waals surface area contributed by atoms with Crippen LogP contribution >= 0.6 is 0 Å². The number of phenols is 2. The van der Waals surface area contributed by atoms with E-state index in [2.05, 4.69) is 28.9 Å². The summed E-state index contributed by atoms with van der Waals surface area (Å²) < 4.78 is 0. The number of hydrogen-bond donors (Lipinski definition) is 4. The van der Waals surface area contributed by atoms with Gasteiger partial charge in [0, 0.05) is 24.1 Å². The fourth-order valence-electron chi connectivity index (χ4n) is 4.25. The van der Waals surface area contributed by atoms with Crippen LogP contribution in [0.3, 0.4) is 0 Å². The Morgan fingerprint density at radius 3 is 2.85 bits per heavy atom. The SMILES string of the molecule is CCCNC(=O)c1cccc2c1NC(c1ccc(O)cc1O)C1CC=CC21. The molecule has 27 heavy (non-hydrogen) atoms. The fraction of sp³-hybridized carbons (Fsp3) is 0.318. The molecule has 2 aromatic rings. The third kappa shape index (κ3) is 3.03. The normalized spacial score (nSPS) is 22.6. The summed E-state index contributed by atoms with van der Waals surface area (Å²) >= 11 is 0. The van der Waals surface area contributed by atoms with E-state index in [4.69, 9.17) is 0 Å². The molecule has 1 aliphatic heterocycles. The number of rotatable bonds is 4. The van der Waals surface area contributed by atoms with E-state index in [1.54, 1.807) is 12.1 Å². The highest BCUT2D eigenvalue weighted by molar-refractivity contribution is 6.00. The molecule has 0 fully saturated rings. The number of nitrogens with one attached hydrogen (secondary N) is 2. The number of allylic oxidation sites excluding steroid dienone is 2. The molecular weight excluding hydrogens is 340 g/mol. The lowest BCUT2D eigenvalue weighted by Crippen LogP contribution is -2.32. The van der Waals surface area contributed by atoms with E-state index < -0.39 is 0 Å². The van der Waals surface area contributed by atoms with Crippen molar-refractivity contribution in [3.8, 4) is 11.5 Å². The molecule has 3 atom stereocenters. The molecule has 3 unspecified atom stereocenters. The van der Waals surface area contributed by atoms with E-state index in [1.165, 1.54) is 6.07 Å². The predicted molar refractivity (Wildman–Crippen MR) is 105 cm³/mol. The Labute approximate surface area is 158 Å². The lowest BCUT2D eigenvalue weighted by molar-refractivity contribution is 0.0954. The second-order valence-corrected chi connectivity index (χ2v) is 7.24. The minimum atomic E-state index is -0.141. The Morgan fingerprint density at radius 1 is 1.22 bits per heavy atom. The summed E-state index contributed by atoms with van der Waals surface area (Å²) in [5.74, 6) is 0.457. The monoisotopic (exact) mass is 364 g/mol. The van der Waals surface area contributed by atoms with Crippen LogP contribution in [-0.4, -0.2) is 22.7 Å². The molecule has 5 heteroatoms. The summed E-state index contributed by atoms with van der Waals surface area (Å²) in [6.07, 6.45) is 6.14. The number of benzene rings is 2. The van der Waals surface area contributed by atoms with Crippen LogP contribution in [0.4, 0.5) is 5.69 Å². The highest BCUT2D eigenvalue weighted by Gasteiger charge is 2.40. The maximum absolute atomic E-state index is 12.7. The van der Waals surface area contributed by atoms with Gasteiger partial charge in [0.25, 0.3) is 5.91 Å². The number of aromatic hydroxyl groups is 2. The third-order valence-electron chi connectivity index (χ3n) is 5.53. The van der Waals surface area contributed by atoms with E-state index >= 15 is 0 Å². The van der Waals surface area contributed by atoms with Crippen LogP contribution in [0.5, 0.6) is 11.5 Å². The molecule has 140 valence electrons. The number of phenolic OH excluding ortho intramolecular Hbond substituents is 2. The van der Waals surface area contributed by atoms with Gasteiger partial charge >= 0.3 is 0 Å². The van der Waals surface area contributed by atoms with Crippen LogP contribution < -0.4 is 10.6 Å². The average molecular weight is 364 g/mol. The largest absolute Gasteiger partial charge is 0.508 e. The number of hydrogen-bond acceptors (Lipinski definition) is 4. The summed E-state index contributed by atoms with van der Waals surface area (Å²) in [6.45, 7) is 2.66. The summed E-state index contributed by atoms with van der Waals surface area (Å²) in [6, 6.07) is 10.4. The van der Waals surface area contributed by atoms with Gasteiger partial charge in [0.05, 0.1) is 17.3 Å². The van der Waals surface area contributed by atoms with Gasteiger partial charge in [-0.2, -0.15) is 0 Å². The average Bonchev–Trinajstić information content (AvgIpc) is 3.15. The molecule has 1 amide bonds. The quantitative estimate of drug-likeness (QED) is 0.617. The molecule has 1 aliphatic carbocycles. The summed E-state index contributed by atoms with van der Waals surface area (Å²) in [5, 5.41) is 26.5. The van der Waals surface area contributed by atoms with Crippen molar-refractivity contribution in [3.63, 3.8) is 0 Å². The van der Waals surface area contributed by atoms with Gasteiger partial charge in [-0.15, -0.1) is 0 Å². The van der Waals surface area contributed by atoms with Gasteiger partial charge < -0.3 is 20.8 Å². The molecule has 5 nitrogen and oxygen atoms in total. The van der Waals surface area contributed by atoms with Gasteiger partial charge in [-0.1, -0.05) is 31.2 Å². The van der Waals surface area contributed by atoms with E-state index in [0.29, 0.717) is 12.1 Å². The summed E-state index contributed by atoms with van der Waals surface area (Å²) in [5.41, 5.74) is 3.31. The standard InChI is InChI=1S/C22H24N2O3/c1-2-11-23-22(27)18-8-4-7-16-14-5-3-6-15(14)20(24-21(16)18)17-10-9-13(25)12-19(17)26/h3-5,7-10,12,14-15,20,24-26H,2,6,11H2,1H3,(H,23,27). The first kappa shape index (κ1) is 17.5. The summed E-state index contributed by atoms with van der Waals surface area (Å²) in [4.78, 5) is 12.7. The first-order valence-electron chi connectivity index (χ1n) is 9.46. The van der Waals surface area contributed by atoms with Crippen LogP contribution in [0.1, 0.15) is 53.2 Å². The maximum atomic E-state index is 12.7. The van der Waals surface area contributed by atoms with Gasteiger partial charge in [0.15, 0.2) is 0 Å². The Hall–Kier alpha value is -2.95. The fourth-order valence-corrected chi connectivity index (χ4v) is 4.25. The summed E-state index contributed by atoms with van der Waals surface area (Å²) in [7, 11) is 0. The molecule has 0 saturated carbocycles. The van der Waals surface area contributed by atoms with Crippen molar-refractivity contribution in [3.05, 3.63) is 65.2 Å². The molecule has 0 radical (unpaired) electrons. The number of para-hydroxylation sites is 1. The van der Waals surface area contributed by atoms with E-state index in [0.717, 1.165) is 29.7 Å². The van der Waals surface area contributed by atoms with Gasteiger partial charge in [-0.25, -0.2) is 0 Å². The smallest absolute Gasteiger partial charge is 0.253 e. The Bertz CT molecular complexity index is 906. The highest BCUT2D eigenvalue weighted by Crippen LogP contribution is 2.52. The van der Waals surface area contributed by atoms with Crippen LogP contribution in [-0.2, 0) is 0 Å². The van der Waals surface area contributed by atoms with Gasteiger partial charge in [-0.05, 0) is 42.5 Å². The molecule has 4 N–H and O–H groups in total. The van der Waals surface area contributed by atoms with Crippen molar-refractivity contribution >= 4 is 11.6 Å². The zero-order valence-corrected chi connectivity index (χ0v) is 15.3. The number of anilines is 1. The Morgan fingerprint density at radius 2 is 2.07 bits per heavy atom. The number of carbonyl (C=O) groups is 1. The van der Waals surface area contributed by atoms with Crippen LogP contribution in [0, 0.1) is 5.92 Å². The van der Waals surface area contributed by atoms with Crippen molar-refractivity contribution in [1.29, 1.82) is 0 Å². The van der Waals surface area contributed by atoms with E-state index in [-0.39, 0.29) is 35.3 Å². The molecule has 0 bridgehead atoms. The first-order chi connectivity index (χ1) is 13.1. The number of fused-ring (bicyclic) bond motifs is 3. The second kappa shape index (κ2) is 6.99. The Balaban J connectivity index is 1.77. The zero-order chi connectivity index (χ0) is 19.0. The molecule has 2 aliphatic rings. The molecule has 0 saturated heterocycles. The number of carbonyl (C=O) groups excluding carboxylic acids is 1. The van der Waals surface area contributed by atoms with Crippen molar-refractivity contribution in [2.75, 3.05) is 11.9 Å². The van der Waals surface area contributed by atoms with E-state index in [1.807, 2.05) is 19.1 Å². The van der Waals surface area contributed by atoms with Gasteiger partial charge in [0.1, 0.15) is 11.5 Å². The van der Waals surface area contributed by atoms with Gasteiger partial charge in [-0.3, -0.25) is 4.79 Å². The van der Waals surface area contributed by atoms with Crippen LogP contribution in [0.15, 0.2) is 48.6 Å². The molecule has 2 aromatic carbocycles.